The molecule has 2 unspecified atom stereocenters. The molecule has 2 atom stereocenters. The molecule has 1 rings (SSSR count). The van der Waals surface area contributed by atoms with Gasteiger partial charge < -0.3 is 11.1 Å². The number of hydrogen-bond acceptors (Lipinski definition) is 2. The van der Waals surface area contributed by atoms with Gasteiger partial charge in [0.25, 0.3) is 0 Å². The van der Waals surface area contributed by atoms with Gasteiger partial charge in [-0.15, -0.1) is 0 Å². The highest BCUT2D eigenvalue weighted by atomic mass is 16.2. The highest BCUT2D eigenvalue weighted by molar-refractivity contribution is 5.83. The van der Waals surface area contributed by atoms with Crippen LogP contribution in [-0.2, 0) is 9.59 Å². The number of amides is 2. The van der Waals surface area contributed by atoms with Gasteiger partial charge in [-0.1, -0.05) is 27.7 Å². The summed E-state index contributed by atoms with van der Waals surface area (Å²) in [5, 5.41) is 3.15. The van der Waals surface area contributed by atoms with Crippen LogP contribution in [0.5, 0.6) is 0 Å². The number of carbonyl (C=O) groups excluding carboxylic acids is 2. The van der Waals surface area contributed by atoms with Crippen molar-refractivity contribution in [3.63, 3.8) is 0 Å². The monoisotopic (exact) mass is 282 g/mol. The summed E-state index contributed by atoms with van der Waals surface area (Å²) in [4.78, 5) is 22.8. The molecule has 0 spiro atoms. The summed E-state index contributed by atoms with van der Waals surface area (Å²) in [7, 11) is 0. The summed E-state index contributed by atoms with van der Waals surface area (Å²) in [6.07, 6.45) is 3.57. The Bertz CT molecular complexity index is 377. The van der Waals surface area contributed by atoms with Crippen molar-refractivity contribution in [2.45, 2.75) is 72.3 Å². The second-order valence-corrected chi connectivity index (χ2v) is 7.48. The van der Waals surface area contributed by atoms with Crippen LogP contribution in [0.3, 0.4) is 0 Å². The molecular weight excluding hydrogens is 252 g/mol. The molecule has 0 saturated heterocycles. The summed E-state index contributed by atoms with van der Waals surface area (Å²) in [6.45, 7) is 11.1. The van der Waals surface area contributed by atoms with Crippen LogP contribution in [0, 0.1) is 17.3 Å². The maximum atomic E-state index is 12.0. The number of rotatable bonds is 5. The van der Waals surface area contributed by atoms with E-state index in [-0.39, 0.29) is 29.7 Å². The van der Waals surface area contributed by atoms with Gasteiger partial charge in [0.05, 0.1) is 0 Å². The minimum absolute atomic E-state index is 0.0581. The lowest BCUT2D eigenvalue weighted by Gasteiger charge is -2.52. The number of hydrogen-bond donors (Lipinski definition) is 2. The van der Waals surface area contributed by atoms with Gasteiger partial charge in [0, 0.05) is 18.4 Å². The minimum Gasteiger partial charge on any atom is -0.370 e. The molecule has 20 heavy (non-hydrogen) atoms. The van der Waals surface area contributed by atoms with Crippen LogP contribution < -0.4 is 11.1 Å². The SMILES string of the molecule is CC(C)C1CCC(C)(NC(=O)CCC(N)=O)C(C)(C)C1. The van der Waals surface area contributed by atoms with E-state index in [1.54, 1.807) is 0 Å². The van der Waals surface area contributed by atoms with Crippen LogP contribution >= 0.6 is 0 Å². The smallest absolute Gasteiger partial charge is 0.220 e. The van der Waals surface area contributed by atoms with E-state index in [1.165, 1.54) is 0 Å². The first-order valence-corrected chi connectivity index (χ1v) is 7.67. The molecule has 0 aromatic rings. The van der Waals surface area contributed by atoms with E-state index in [4.69, 9.17) is 5.73 Å². The Morgan fingerprint density at radius 2 is 1.85 bits per heavy atom. The van der Waals surface area contributed by atoms with E-state index in [1.807, 2.05) is 0 Å². The van der Waals surface area contributed by atoms with E-state index >= 15 is 0 Å². The molecule has 1 saturated carbocycles. The van der Waals surface area contributed by atoms with Crippen molar-refractivity contribution >= 4 is 11.8 Å². The molecule has 0 aliphatic heterocycles. The van der Waals surface area contributed by atoms with E-state index in [0.717, 1.165) is 25.2 Å². The Morgan fingerprint density at radius 3 is 2.30 bits per heavy atom. The number of primary amides is 1. The van der Waals surface area contributed by atoms with E-state index in [9.17, 15) is 9.59 Å². The molecule has 0 bridgehead atoms. The molecule has 3 N–H and O–H groups in total. The van der Waals surface area contributed by atoms with Crippen molar-refractivity contribution in [2.24, 2.45) is 23.0 Å². The molecule has 1 aliphatic carbocycles. The Balaban J connectivity index is 2.68. The molecule has 4 nitrogen and oxygen atoms in total. The van der Waals surface area contributed by atoms with Gasteiger partial charge >= 0.3 is 0 Å². The van der Waals surface area contributed by atoms with Crippen LogP contribution in [0.4, 0.5) is 0 Å². The molecule has 0 aromatic carbocycles. The van der Waals surface area contributed by atoms with Crippen molar-refractivity contribution in [1.82, 2.24) is 5.32 Å². The lowest BCUT2D eigenvalue weighted by atomic mass is 9.59. The van der Waals surface area contributed by atoms with Crippen LogP contribution in [0.1, 0.15) is 66.7 Å². The molecule has 0 radical (unpaired) electrons. The third-order valence-electron chi connectivity index (χ3n) is 5.24. The highest BCUT2D eigenvalue weighted by Gasteiger charge is 2.46. The van der Waals surface area contributed by atoms with Gasteiger partial charge in [0.1, 0.15) is 0 Å². The molecule has 2 amide bonds. The Kier molecular flexibility index (Phi) is 5.22. The van der Waals surface area contributed by atoms with E-state index in [0.29, 0.717) is 5.92 Å². The second-order valence-electron chi connectivity index (χ2n) is 7.48. The summed E-state index contributed by atoms with van der Waals surface area (Å²) >= 11 is 0. The lowest BCUT2D eigenvalue weighted by molar-refractivity contribution is -0.128. The van der Waals surface area contributed by atoms with Crippen molar-refractivity contribution in [1.29, 1.82) is 0 Å². The first kappa shape index (κ1) is 17.0. The molecule has 0 heterocycles. The average molecular weight is 282 g/mol. The normalized spacial score (nSPS) is 29.2. The number of nitrogens with two attached hydrogens (primary N) is 1. The van der Waals surface area contributed by atoms with Gasteiger partial charge in [-0.25, -0.2) is 0 Å². The van der Waals surface area contributed by atoms with Crippen LogP contribution in [0.15, 0.2) is 0 Å². The largest absolute Gasteiger partial charge is 0.370 e. The first-order chi connectivity index (χ1) is 9.07. The van der Waals surface area contributed by atoms with Crippen molar-refractivity contribution in [3.8, 4) is 0 Å². The number of carbonyl (C=O) groups is 2. The second kappa shape index (κ2) is 6.15. The third kappa shape index (κ3) is 3.97. The van der Waals surface area contributed by atoms with Crippen molar-refractivity contribution in [2.75, 3.05) is 0 Å². The standard InChI is InChI=1S/C16H30N2O2/c1-11(2)12-8-9-16(5,15(3,4)10-12)18-14(20)7-6-13(17)19/h11-12H,6-10H2,1-5H3,(H2,17,19)(H,18,20). The van der Waals surface area contributed by atoms with Crippen LogP contribution in [0.2, 0.25) is 0 Å². The molecule has 0 aromatic heterocycles. The first-order valence-electron chi connectivity index (χ1n) is 7.67. The maximum Gasteiger partial charge on any atom is 0.220 e. The zero-order valence-corrected chi connectivity index (χ0v) is 13.6. The maximum absolute atomic E-state index is 12.0. The minimum atomic E-state index is -0.423. The highest BCUT2D eigenvalue weighted by Crippen LogP contribution is 2.47. The van der Waals surface area contributed by atoms with E-state index in [2.05, 4.69) is 39.9 Å². The molecule has 1 aliphatic rings. The lowest BCUT2D eigenvalue weighted by Crippen LogP contribution is -2.59. The van der Waals surface area contributed by atoms with Gasteiger partial charge in [-0.3, -0.25) is 9.59 Å². The molecule has 4 heteroatoms. The molecule has 116 valence electrons. The summed E-state index contributed by atoms with van der Waals surface area (Å²) < 4.78 is 0. The Hall–Kier alpha value is -1.06. The average Bonchev–Trinajstić information content (AvgIpc) is 2.30. The zero-order valence-electron chi connectivity index (χ0n) is 13.6. The van der Waals surface area contributed by atoms with Crippen molar-refractivity contribution in [3.05, 3.63) is 0 Å². The van der Waals surface area contributed by atoms with E-state index < -0.39 is 5.91 Å². The summed E-state index contributed by atoms with van der Waals surface area (Å²) in [5.74, 6) is 0.917. The van der Waals surface area contributed by atoms with Gasteiger partial charge in [0.2, 0.25) is 11.8 Å². The third-order valence-corrected chi connectivity index (χ3v) is 5.24. The van der Waals surface area contributed by atoms with Gasteiger partial charge in [-0.05, 0) is 43.4 Å². The topological polar surface area (TPSA) is 72.2 Å². The van der Waals surface area contributed by atoms with Crippen LogP contribution in [0.25, 0.3) is 0 Å². The van der Waals surface area contributed by atoms with Gasteiger partial charge in [0.15, 0.2) is 0 Å². The quantitative estimate of drug-likeness (QED) is 0.813. The molecule has 1 fully saturated rings. The van der Waals surface area contributed by atoms with Crippen molar-refractivity contribution < 1.29 is 9.59 Å². The fraction of sp³-hybridized carbons (Fsp3) is 0.875. The predicted octanol–water partition coefficient (Wildman–Crippen LogP) is 2.61. The van der Waals surface area contributed by atoms with Gasteiger partial charge in [-0.2, -0.15) is 0 Å². The summed E-state index contributed by atoms with van der Waals surface area (Å²) in [6, 6.07) is 0. The van der Waals surface area contributed by atoms with Crippen LogP contribution in [-0.4, -0.2) is 17.4 Å². The number of nitrogens with one attached hydrogen (secondary N) is 1. The fourth-order valence-electron chi connectivity index (χ4n) is 3.20. The fourth-order valence-corrected chi connectivity index (χ4v) is 3.20. The summed E-state index contributed by atoms with van der Waals surface area (Å²) in [5.41, 5.74) is 4.95. The Morgan fingerprint density at radius 1 is 1.25 bits per heavy atom. The predicted molar refractivity (Wildman–Crippen MR) is 80.9 cm³/mol. The molecular formula is C16H30N2O2. The zero-order chi connectivity index (χ0) is 15.6. The Labute approximate surface area is 122 Å².